The summed E-state index contributed by atoms with van der Waals surface area (Å²) in [4.78, 5) is 9.07. The minimum atomic E-state index is 0.481. The van der Waals surface area contributed by atoms with E-state index in [0.29, 0.717) is 11.7 Å². The van der Waals surface area contributed by atoms with Gasteiger partial charge in [-0.2, -0.15) is 4.98 Å². The Labute approximate surface area is 164 Å². The maximum absolute atomic E-state index is 5.42. The van der Waals surface area contributed by atoms with Crippen molar-refractivity contribution >= 4 is 0 Å². The standard InChI is InChI=1S/C23H21N3O2/c1-3-4-16-5-14-21(24-15-16)17-6-8-18(9-7-17)22-25-23(28-26-22)19-10-12-20(27-2)13-11-19/h5-15H,3-4H2,1-2H3. The van der Waals surface area contributed by atoms with Crippen molar-refractivity contribution in [2.24, 2.45) is 0 Å². The second-order valence-corrected chi connectivity index (χ2v) is 6.53. The molecule has 2 aromatic heterocycles. The molecule has 0 aliphatic rings. The van der Waals surface area contributed by atoms with Crippen molar-refractivity contribution in [2.45, 2.75) is 19.8 Å². The highest BCUT2D eigenvalue weighted by atomic mass is 16.5. The first-order valence-electron chi connectivity index (χ1n) is 9.30. The Morgan fingerprint density at radius 2 is 1.57 bits per heavy atom. The van der Waals surface area contributed by atoms with Gasteiger partial charge in [-0.15, -0.1) is 0 Å². The van der Waals surface area contributed by atoms with Crippen LogP contribution in [-0.4, -0.2) is 22.2 Å². The number of rotatable bonds is 6. The molecule has 0 atom stereocenters. The third kappa shape index (κ3) is 3.78. The van der Waals surface area contributed by atoms with Gasteiger partial charge in [-0.05, 0) is 42.3 Å². The molecule has 0 unspecified atom stereocenters. The summed E-state index contributed by atoms with van der Waals surface area (Å²) < 4.78 is 10.6. The Kier molecular flexibility index (Phi) is 5.15. The molecule has 140 valence electrons. The molecular weight excluding hydrogens is 350 g/mol. The van der Waals surface area contributed by atoms with Crippen LogP contribution in [0.1, 0.15) is 18.9 Å². The van der Waals surface area contributed by atoms with Gasteiger partial charge in [0.05, 0.1) is 12.8 Å². The van der Waals surface area contributed by atoms with Crippen LogP contribution in [0.2, 0.25) is 0 Å². The van der Waals surface area contributed by atoms with E-state index in [1.54, 1.807) is 7.11 Å². The van der Waals surface area contributed by atoms with Crippen LogP contribution in [0, 0.1) is 0 Å². The minimum Gasteiger partial charge on any atom is -0.497 e. The number of hydrogen-bond acceptors (Lipinski definition) is 5. The molecule has 0 radical (unpaired) electrons. The highest BCUT2D eigenvalue weighted by Crippen LogP contribution is 2.26. The van der Waals surface area contributed by atoms with Crippen LogP contribution in [-0.2, 0) is 6.42 Å². The normalized spacial score (nSPS) is 10.8. The molecule has 0 bridgehead atoms. The van der Waals surface area contributed by atoms with E-state index < -0.39 is 0 Å². The Bertz CT molecular complexity index is 1040. The van der Waals surface area contributed by atoms with Crippen molar-refractivity contribution in [2.75, 3.05) is 7.11 Å². The molecule has 5 nitrogen and oxygen atoms in total. The number of ether oxygens (including phenoxy) is 1. The first kappa shape index (κ1) is 17.9. The van der Waals surface area contributed by atoms with E-state index in [2.05, 4.69) is 34.2 Å². The lowest BCUT2D eigenvalue weighted by molar-refractivity contribution is 0.414. The van der Waals surface area contributed by atoms with Crippen LogP contribution in [0.15, 0.2) is 71.4 Å². The summed E-state index contributed by atoms with van der Waals surface area (Å²) >= 11 is 0. The number of benzene rings is 2. The Morgan fingerprint density at radius 3 is 2.21 bits per heavy atom. The molecule has 2 aromatic carbocycles. The predicted octanol–water partition coefficient (Wildman–Crippen LogP) is 5.43. The third-order valence-electron chi connectivity index (χ3n) is 4.57. The number of nitrogens with zero attached hydrogens (tertiary/aromatic N) is 3. The molecule has 0 saturated heterocycles. The summed E-state index contributed by atoms with van der Waals surface area (Å²) in [6, 6.07) is 19.8. The zero-order valence-corrected chi connectivity index (χ0v) is 15.9. The quantitative estimate of drug-likeness (QED) is 0.452. The maximum atomic E-state index is 5.42. The lowest BCUT2D eigenvalue weighted by Gasteiger charge is -2.03. The molecule has 0 saturated carbocycles. The van der Waals surface area contributed by atoms with Crippen LogP contribution in [0.25, 0.3) is 34.1 Å². The first-order chi connectivity index (χ1) is 13.8. The summed E-state index contributed by atoms with van der Waals surface area (Å²) in [6.07, 6.45) is 4.13. The third-order valence-corrected chi connectivity index (χ3v) is 4.57. The fourth-order valence-electron chi connectivity index (χ4n) is 3.01. The Morgan fingerprint density at radius 1 is 0.857 bits per heavy atom. The molecule has 0 N–H and O–H groups in total. The molecule has 2 heterocycles. The van der Waals surface area contributed by atoms with E-state index in [9.17, 15) is 0 Å². The van der Waals surface area contributed by atoms with Gasteiger partial charge in [-0.25, -0.2) is 0 Å². The number of aryl methyl sites for hydroxylation is 1. The minimum absolute atomic E-state index is 0.481. The molecule has 0 fully saturated rings. The van der Waals surface area contributed by atoms with Gasteiger partial charge < -0.3 is 9.26 Å². The molecule has 4 aromatic rings. The molecule has 5 heteroatoms. The Balaban J connectivity index is 1.53. The highest BCUT2D eigenvalue weighted by molar-refractivity contribution is 5.66. The highest BCUT2D eigenvalue weighted by Gasteiger charge is 2.11. The smallest absolute Gasteiger partial charge is 0.258 e. The second-order valence-electron chi connectivity index (χ2n) is 6.53. The van der Waals surface area contributed by atoms with E-state index >= 15 is 0 Å². The van der Waals surface area contributed by atoms with Gasteiger partial charge in [0.2, 0.25) is 5.82 Å². The van der Waals surface area contributed by atoms with E-state index in [1.165, 1.54) is 5.56 Å². The first-order valence-corrected chi connectivity index (χ1v) is 9.30. The fourth-order valence-corrected chi connectivity index (χ4v) is 3.01. The van der Waals surface area contributed by atoms with Crippen LogP contribution in [0.5, 0.6) is 5.75 Å². The van der Waals surface area contributed by atoms with Gasteiger partial charge in [-0.1, -0.05) is 48.8 Å². The summed E-state index contributed by atoms with van der Waals surface area (Å²) in [5, 5.41) is 4.11. The lowest BCUT2D eigenvalue weighted by atomic mass is 10.1. The topological polar surface area (TPSA) is 61.0 Å². The zero-order valence-electron chi connectivity index (χ0n) is 15.9. The van der Waals surface area contributed by atoms with Gasteiger partial charge >= 0.3 is 0 Å². The molecule has 0 aliphatic heterocycles. The number of aromatic nitrogens is 3. The van der Waals surface area contributed by atoms with Crippen LogP contribution >= 0.6 is 0 Å². The Hall–Kier alpha value is -3.47. The van der Waals surface area contributed by atoms with Gasteiger partial charge in [0.1, 0.15) is 5.75 Å². The van der Waals surface area contributed by atoms with Crippen molar-refractivity contribution in [3.05, 3.63) is 72.4 Å². The summed E-state index contributed by atoms with van der Waals surface area (Å²) in [5.41, 5.74) is 5.03. The fraction of sp³-hybridized carbons (Fsp3) is 0.174. The number of pyridine rings is 1. The average Bonchev–Trinajstić information content (AvgIpc) is 3.25. The summed E-state index contributed by atoms with van der Waals surface area (Å²) in [7, 11) is 1.64. The van der Waals surface area contributed by atoms with E-state index in [4.69, 9.17) is 9.26 Å². The van der Waals surface area contributed by atoms with Crippen molar-refractivity contribution < 1.29 is 9.26 Å². The SMILES string of the molecule is CCCc1ccc(-c2ccc(-c3noc(-c4ccc(OC)cc4)n3)cc2)nc1. The summed E-state index contributed by atoms with van der Waals surface area (Å²) in [6.45, 7) is 2.17. The average molecular weight is 371 g/mol. The van der Waals surface area contributed by atoms with Crippen molar-refractivity contribution in [1.29, 1.82) is 0 Å². The monoisotopic (exact) mass is 371 g/mol. The van der Waals surface area contributed by atoms with Crippen molar-refractivity contribution in [3.63, 3.8) is 0 Å². The van der Waals surface area contributed by atoms with Crippen LogP contribution < -0.4 is 4.74 Å². The van der Waals surface area contributed by atoms with Crippen molar-refractivity contribution in [3.8, 4) is 39.8 Å². The second kappa shape index (κ2) is 8.05. The van der Waals surface area contributed by atoms with Gasteiger partial charge in [0.25, 0.3) is 5.89 Å². The van der Waals surface area contributed by atoms with Gasteiger partial charge in [-0.3, -0.25) is 4.98 Å². The van der Waals surface area contributed by atoms with Crippen molar-refractivity contribution in [1.82, 2.24) is 15.1 Å². The lowest BCUT2D eigenvalue weighted by Crippen LogP contribution is -1.88. The predicted molar refractivity (Wildman–Crippen MR) is 109 cm³/mol. The summed E-state index contributed by atoms with van der Waals surface area (Å²) in [5.74, 6) is 1.83. The molecule has 4 rings (SSSR count). The van der Waals surface area contributed by atoms with Crippen LogP contribution in [0.3, 0.4) is 0 Å². The number of hydrogen-bond donors (Lipinski definition) is 0. The zero-order chi connectivity index (χ0) is 19.3. The van der Waals surface area contributed by atoms with E-state index in [1.807, 2.05) is 54.7 Å². The largest absolute Gasteiger partial charge is 0.497 e. The maximum Gasteiger partial charge on any atom is 0.258 e. The number of methoxy groups -OCH3 is 1. The molecule has 0 aliphatic carbocycles. The molecule has 0 amide bonds. The van der Waals surface area contributed by atoms with E-state index in [-0.39, 0.29) is 0 Å². The van der Waals surface area contributed by atoms with Gasteiger partial charge in [0, 0.05) is 22.9 Å². The molecular formula is C23H21N3O2. The van der Waals surface area contributed by atoms with Gasteiger partial charge in [0.15, 0.2) is 0 Å². The van der Waals surface area contributed by atoms with E-state index in [0.717, 1.165) is 41.0 Å². The van der Waals surface area contributed by atoms with Crippen LogP contribution in [0.4, 0.5) is 0 Å². The molecule has 28 heavy (non-hydrogen) atoms. The molecule has 0 spiro atoms.